The highest BCUT2D eigenvalue weighted by Gasteiger charge is 2.20. The zero-order valence-corrected chi connectivity index (χ0v) is 13.5. The predicted octanol–water partition coefficient (Wildman–Crippen LogP) is 4.99. The molecule has 114 valence electrons. The van der Waals surface area contributed by atoms with Crippen LogP contribution in [-0.2, 0) is 0 Å². The molecule has 1 nitrogen and oxygen atoms in total. The lowest BCUT2D eigenvalue weighted by Crippen LogP contribution is -2.34. The van der Waals surface area contributed by atoms with E-state index in [4.69, 9.17) is 0 Å². The molecule has 0 spiro atoms. The molecule has 0 amide bonds. The molecular formula is C18H30FN. The van der Waals surface area contributed by atoms with Gasteiger partial charge in [-0.2, -0.15) is 0 Å². The van der Waals surface area contributed by atoms with Gasteiger partial charge in [0.25, 0.3) is 0 Å². The summed E-state index contributed by atoms with van der Waals surface area (Å²) in [4.78, 5) is 2.24. The molecule has 1 aliphatic heterocycles. The fourth-order valence-corrected chi connectivity index (χ4v) is 2.76. The molecule has 1 aromatic rings. The fourth-order valence-electron chi connectivity index (χ4n) is 2.76. The van der Waals surface area contributed by atoms with Crippen LogP contribution in [0.5, 0.6) is 0 Å². The van der Waals surface area contributed by atoms with E-state index in [1.165, 1.54) is 24.0 Å². The second-order valence-electron chi connectivity index (χ2n) is 5.63. The van der Waals surface area contributed by atoms with Gasteiger partial charge in [-0.15, -0.1) is 0 Å². The Morgan fingerprint density at radius 2 is 1.65 bits per heavy atom. The molecule has 1 heterocycles. The molecule has 1 aromatic carbocycles. The standard InChI is InChI=1S/C16H24FN.C2H6/c1-13(2)14-3-5-15(6-4-14)16-7-10-18(11-8-16)12-9-17;1-2/h3-6,13,16H,7-12H2,1-2H3;1-2H3. The SMILES string of the molecule is CC.CC(C)c1ccc(C2CCN(CCF)CC2)cc1. The van der Waals surface area contributed by atoms with E-state index in [1.807, 2.05) is 13.8 Å². The molecule has 0 N–H and O–H groups in total. The molecule has 2 heteroatoms. The van der Waals surface area contributed by atoms with Crippen molar-refractivity contribution in [2.45, 2.75) is 52.4 Å². The normalized spacial score (nSPS) is 16.9. The van der Waals surface area contributed by atoms with Gasteiger partial charge in [-0.1, -0.05) is 52.0 Å². The molecule has 0 aliphatic carbocycles. The maximum atomic E-state index is 12.3. The lowest BCUT2D eigenvalue weighted by atomic mass is 9.88. The molecule has 0 aromatic heterocycles. The molecule has 1 saturated heterocycles. The first-order valence-electron chi connectivity index (χ1n) is 8.09. The summed E-state index contributed by atoms with van der Waals surface area (Å²) >= 11 is 0. The van der Waals surface area contributed by atoms with Crippen molar-refractivity contribution in [3.05, 3.63) is 35.4 Å². The minimum Gasteiger partial charge on any atom is -0.301 e. The number of benzene rings is 1. The largest absolute Gasteiger partial charge is 0.301 e. The molecule has 20 heavy (non-hydrogen) atoms. The Morgan fingerprint density at radius 1 is 1.10 bits per heavy atom. The van der Waals surface area contributed by atoms with Crippen LogP contribution in [-0.4, -0.2) is 31.2 Å². The van der Waals surface area contributed by atoms with Crippen LogP contribution in [0.25, 0.3) is 0 Å². The highest BCUT2D eigenvalue weighted by molar-refractivity contribution is 5.27. The third-order valence-electron chi connectivity index (χ3n) is 4.06. The molecule has 2 rings (SSSR count). The maximum absolute atomic E-state index is 12.3. The third kappa shape index (κ3) is 4.90. The zero-order chi connectivity index (χ0) is 15.0. The Labute approximate surface area is 124 Å². The van der Waals surface area contributed by atoms with Crippen molar-refractivity contribution < 1.29 is 4.39 Å². The Balaban J connectivity index is 0.000000956. The van der Waals surface area contributed by atoms with Gasteiger partial charge >= 0.3 is 0 Å². The van der Waals surface area contributed by atoms with Gasteiger partial charge < -0.3 is 4.90 Å². The second-order valence-corrected chi connectivity index (χ2v) is 5.63. The van der Waals surface area contributed by atoms with E-state index in [9.17, 15) is 4.39 Å². The lowest BCUT2D eigenvalue weighted by Gasteiger charge is -2.31. The Bertz CT molecular complexity index is 350. The van der Waals surface area contributed by atoms with E-state index in [0.717, 1.165) is 13.1 Å². The monoisotopic (exact) mass is 279 g/mol. The number of likely N-dealkylation sites (tertiary alicyclic amines) is 1. The van der Waals surface area contributed by atoms with Gasteiger partial charge in [0.1, 0.15) is 6.67 Å². The fraction of sp³-hybridized carbons (Fsp3) is 0.667. The van der Waals surface area contributed by atoms with Crippen LogP contribution in [0.15, 0.2) is 24.3 Å². The average molecular weight is 279 g/mol. The number of hydrogen-bond donors (Lipinski definition) is 0. The average Bonchev–Trinajstić information content (AvgIpc) is 2.50. The maximum Gasteiger partial charge on any atom is 0.102 e. The summed E-state index contributed by atoms with van der Waals surface area (Å²) < 4.78 is 12.3. The van der Waals surface area contributed by atoms with Crippen LogP contribution in [0.2, 0.25) is 0 Å². The number of nitrogens with zero attached hydrogens (tertiary/aromatic N) is 1. The van der Waals surface area contributed by atoms with E-state index >= 15 is 0 Å². The zero-order valence-electron chi connectivity index (χ0n) is 13.5. The topological polar surface area (TPSA) is 3.24 Å². The molecule has 0 bridgehead atoms. The van der Waals surface area contributed by atoms with Gasteiger partial charge in [-0.3, -0.25) is 0 Å². The van der Waals surface area contributed by atoms with E-state index in [-0.39, 0.29) is 6.67 Å². The van der Waals surface area contributed by atoms with Gasteiger partial charge in [0, 0.05) is 6.54 Å². The van der Waals surface area contributed by atoms with Crippen LogP contribution in [0.4, 0.5) is 4.39 Å². The van der Waals surface area contributed by atoms with E-state index in [1.54, 1.807) is 0 Å². The van der Waals surface area contributed by atoms with Crippen molar-refractivity contribution in [3.8, 4) is 0 Å². The highest BCUT2D eigenvalue weighted by Crippen LogP contribution is 2.28. The van der Waals surface area contributed by atoms with Crippen molar-refractivity contribution >= 4 is 0 Å². The quantitative estimate of drug-likeness (QED) is 0.751. The van der Waals surface area contributed by atoms with Gasteiger partial charge in [0.15, 0.2) is 0 Å². The van der Waals surface area contributed by atoms with Crippen LogP contribution in [0.3, 0.4) is 0 Å². The number of hydrogen-bond acceptors (Lipinski definition) is 1. The second kappa shape index (κ2) is 9.12. The number of rotatable bonds is 4. The minimum atomic E-state index is -0.215. The molecule has 1 aliphatic rings. The first-order chi connectivity index (χ1) is 9.70. The lowest BCUT2D eigenvalue weighted by molar-refractivity contribution is 0.197. The number of halogens is 1. The molecular weight excluding hydrogens is 249 g/mol. The smallest absolute Gasteiger partial charge is 0.102 e. The van der Waals surface area contributed by atoms with Gasteiger partial charge in [0.05, 0.1) is 0 Å². The summed E-state index contributed by atoms with van der Waals surface area (Å²) in [7, 11) is 0. The van der Waals surface area contributed by atoms with Crippen LogP contribution < -0.4 is 0 Å². The van der Waals surface area contributed by atoms with Crippen molar-refractivity contribution in [1.29, 1.82) is 0 Å². The van der Waals surface area contributed by atoms with E-state index in [2.05, 4.69) is 43.0 Å². The predicted molar refractivity (Wildman–Crippen MR) is 86.3 cm³/mol. The van der Waals surface area contributed by atoms with Gasteiger partial charge in [-0.05, 0) is 48.9 Å². The van der Waals surface area contributed by atoms with Crippen LogP contribution in [0, 0.1) is 0 Å². The Kier molecular flexibility index (Phi) is 7.83. The van der Waals surface area contributed by atoms with Crippen molar-refractivity contribution in [1.82, 2.24) is 4.90 Å². The Morgan fingerprint density at radius 3 is 2.10 bits per heavy atom. The summed E-state index contributed by atoms with van der Waals surface area (Å²) in [6, 6.07) is 9.08. The van der Waals surface area contributed by atoms with E-state index in [0.29, 0.717) is 18.4 Å². The summed E-state index contributed by atoms with van der Waals surface area (Å²) in [5.74, 6) is 1.27. The van der Waals surface area contributed by atoms with E-state index < -0.39 is 0 Å². The summed E-state index contributed by atoms with van der Waals surface area (Å²) in [5.41, 5.74) is 2.87. The summed E-state index contributed by atoms with van der Waals surface area (Å²) in [6.07, 6.45) is 2.34. The van der Waals surface area contributed by atoms with Crippen molar-refractivity contribution in [3.63, 3.8) is 0 Å². The molecule has 0 unspecified atom stereocenters. The van der Waals surface area contributed by atoms with Crippen molar-refractivity contribution in [2.24, 2.45) is 0 Å². The minimum absolute atomic E-state index is 0.215. The third-order valence-corrected chi connectivity index (χ3v) is 4.06. The number of piperidine rings is 1. The first kappa shape index (κ1) is 17.2. The Hall–Kier alpha value is -0.890. The molecule has 1 fully saturated rings. The van der Waals surface area contributed by atoms with Crippen LogP contribution in [0.1, 0.15) is 63.5 Å². The van der Waals surface area contributed by atoms with Gasteiger partial charge in [-0.25, -0.2) is 4.39 Å². The number of alkyl halides is 1. The summed E-state index contributed by atoms with van der Waals surface area (Å²) in [5, 5.41) is 0. The van der Waals surface area contributed by atoms with Crippen molar-refractivity contribution in [2.75, 3.05) is 26.3 Å². The molecule has 0 radical (unpaired) electrons. The summed E-state index contributed by atoms with van der Waals surface area (Å²) in [6.45, 7) is 10.9. The van der Waals surface area contributed by atoms with Gasteiger partial charge in [0.2, 0.25) is 0 Å². The molecule has 0 atom stereocenters. The first-order valence-corrected chi connectivity index (χ1v) is 8.09. The molecule has 0 saturated carbocycles. The highest BCUT2D eigenvalue weighted by atomic mass is 19.1. The van der Waals surface area contributed by atoms with Crippen LogP contribution >= 0.6 is 0 Å².